The van der Waals surface area contributed by atoms with E-state index in [0.29, 0.717) is 10.1 Å². The summed E-state index contributed by atoms with van der Waals surface area (Å²) in [5.41, 5.74) is -0.104. The van der Waals surface area contributed by atoms with Crippen LogP contribution in [0.25, 0.3) is 0 Å². The third-order valence-electron chi connectivity index (χ3n) is 4.10. The van der Waals surface area contributed by atoms with Gasteiger partial charge in [-0.05, 0) is 48.5 Å². The average Bonchev–Trinajstić information content (AvgIpc) is 2.75. The number of nitro groups is 1. The summed E-state index contributed by atoms with van der Waals surface area (Å²) in [5, 5.41) is 10.8. The number of non-ortho nitro benzene ring substituents is 1. The van der Waals surface area contributed by atoms with Gasteiger partial charge in [0, 0.05) is 17.7 Å². The van der Waals surface area contributed by atoms with Gasteiger partial charge in [-0.3, -0.25) is 14.9 Å². The quantitative estimate of drug-likeness (QED) is 0.452. The highest BCUT2D eigenvalue weighted by Crippen LogP contribution is 2.28. The second-order valence-electron chi connectivity index (χ2n) is 5.89. The van der Waals surface area contributed by atoms with Gasteiger partial charge in [0.05, 0.1) is 22.6 Å². The molecule has 29 heavy (non-hydrogen) atoms. The molecule has 0 fully saturated rings. The molecule has 0 atom stereocenters. The van der Waals surface area contributed by atoms with E-state index in [1.165, 1.54) is 55.6 Å². The molecule has 0 heterocycles. The number of benzene rings is 3. The van der Waals surface area contributed by atoms with Gasteiger partial charge in [-0.15, -0.1) is 0 Å². The maximum Gasteiger partial charge on any atom is 0.272 e. The molecule has 3 aromatic carbocycles. The fraction of sp³-hybridized carbons (Fsp3) is 0.0500. The molecule has 0 aliphatic carbocycles. The summed E-state index contributed by atoms with van der Waals surface area (Å²) in [5.74, 6) is -0.345. The average molecular weight is 412 g/mol. The zero-order chi connectivity index (χ0) is 21.0. The smallest absolute Gasteiger partial charge is 0.272 e. The molecule has 9 heteroatoms. The van der Waals surface area contributed by atoms with Crippen molar-refractivity contribution in [1.29, 1.82) is 0 Å². The summed E-state index contributed by atoms with van der Waals surface area (Å²) < 4.78 is 32.2. The van der Waals surface area contributed by atoms with Crippen LogP contribution in [0.1, 0.15) is 10.4 Å². The Bertz CT molecular complexity index is 1130. The molecule has 1 amide bonds. The van der Waals surface area contributed by atoms with E-state index in [1.54, 1.807) is 18.2 Å². The van der Waals surface area contributed by atoms with Crippen molar-refractivity contribution in [3.8, 4) is 5.75 Å². The van der Waals surface area contributed by atoms with Gasteiger partial charge in [0.1, 0.15) is 5.75 Å². The summed E-state index contributed by atoms with van der Waals surface area (Å²) in [6.07, 6.45) is 0. The first kappa shape index (κ1) is 20.0. The molecule has 0 N–H and O–H groups in total. The number of hydrogen-bond donors (Lipinski definition) is 0. The number of rotatable bonds is 6. The van der Waals surface area contributed by atoms with Gasteiger partial charge in [0.25, 0.3) is 21.6 Å². The Morgan fingerprint density at radius 2 is 1.52 bits per heavy atom. The molecule has 0 unspecified atom stereocenters. The van der Waals surface area contributed by atoms with Crippen LogP contribution in [0.5, 0.6) is 5.75 Å². The summed E-state index contributed by atoms with van der Waals surface area (Å²) in [7, 11) is -2.77. The van der Waals surface area contributed by atoms with E-state index in [2.05, 4.69) is 0 Å². The lowest BCUT2D eigenvalue weighted by Gasteiger charge is -2.23. The fourth-order valence-corrected chi connectivity index (χ4v) is 4.06. The van der Waals surface area contributed by atoms with Crippen LogP contribution in [0.15, 0.2) is 83.8 Å². The molecule has 148 valence electrons. The first-order valence-electron chi connectivity index (χ1n) is 8.38. The summed E-state index contributed by atoms with van der Waals surface area (Å²) >= 11 is 0. The van der Waals surface area contributed by atoms with Crippen LogP contribution in [-0.4, -0.2) is 26.4 Å². The van der Waals surface area contributed by atoms with Gasteiger partial charge in [-0.25, -0.2) is 8.42 Å². The van der Waals surface area contributed by atoms with Crippen molar-refractivity contribution in [2.75, 3.05) is 11.4 Å². The zero-order valence-corrected chi connectivity index (χ0v) is 16.1. The summed E-state index contributed by atoms with van der Waals surface area (Å²) in [6, 6.07) is 18.2. The number of ether oxygens (including phenoxy) is 1. The normalized spacial score (nSPS) is 10.9. The molecule has 3 aromatic rings. The van der Waals surface area contributed by atoms with Crippen molar-refractivity contribution in [2.24, 2.45) is 0 Å². The highest BCUT2D eigenvalue weighted by atomic mass is 32.2. The van der Waals surface area contributed by atoms with Gasteiger partial charge in [0.2, 0.25) is 0 Å². The van der Waals surface area contributed by atoms with Gasteiger partial charge < -0.3 is 4.74 Å². The van der Waals surface area contributed by atoms with Crippen LogP contribution in [0.3, 0.4) is 0 Å². The molecule has 0 aliphatic rings. The van der Waals surface area contributed by atoms with Crippen LogP contribution >= 0.6 is 0 Å². The van der Waals surface area contributed by atoms with Crippen molar-refractivity contribution in [3.63, 3.8) is 0 Å². The van der Waals surface area contributed by atoms with E-state index in [-0.39, 0.29) is 21.8 Å². The minimum atomic E-state index is -4.24. The predicted molar refractivity (Wildman–Crippen MR) is 107 cm³/mol. The lowest BCUT2D eigenvalue weighted by Crippen LogP contribution is -2.37. The van der Waals surface area contributed by atoms with Crippen LogP contribution in [-0.2, 0) is 10.0 Å². The zero-order valence-electron chi connectivity index (χ0n) is 15.3. The maximum atomic E-state index is 13.2. The largest absolute Gasteiger partial charge is 0.497 e. The number of nitro benzene ring substituents is 1. The van der Waals surface area contributed by atoms with E-state index in [4.69, 9.17) is 4.74 Å². The minimum Gasteiger partial charge on any atom is -0.497 e. The van der Waals surface area contributed by atoms with E-state index in [0.717, 1.165) is 12.1 Å². The molecular formula is C20H16N2O6S. The van der Waals surface area contributed by atoms with Gasteiger partial charge in [-0.2, -0.15) is 4.31 Å². The number of hydrogen-bond acceptors (Lipinski definition) is 6. The standard InChI is InChI=1S/C20H16N2O6S/c1-28-18-13-11-16(12-14-18)21(29(26,27)19-5-3-2-4-6-19)20(23)15-7-9-17(10-8-15)22(24)25/h2-14H,1H3. The minimum absolute atomic E-state index is 0.00840. The number of nitrogens with zero attached hydrogens (tertiary/aromatic N) is 2. The fourth-order valence-electron chi connectivity index (χ4n) is 2.62. The molecule has 0 spiro atoms. The Labute approximate surface area is 167 Å². The second kappa shape index (κ2) is 8.11. The van der Waals surface area contributed by atoms with E-state index >= 15 is 0 Å². The molecule has 0 saturated heterocycles. The molecular weight excluding hydrogens is 396 g/mol. The van der Waals surface area contributed by atoms with E-state index < -0.39 is 20.9 Å². The maximum absolute atomic E-state index is 13.2. The first-order chi connectivity index (χ1) is 13.8. The van der Waals surface area contributed by atoms with Crippen LogP contribution in [0, 0.1) is 10.1 Å². The van der Waals surface area contributed by atoms with E-state index in [9.17, 15) is 23.3 Å². The number of methoxy groups -OCH3 is 1. The predicted octanol–water partition coefficient (Wildman–Crippen LogP) is 3.64. The van der Waals surface area contributed by atoms with Crippen molar-refractivity contribution < 1.29 is 22.9 Å². The van der Waals surface area contributed by atoms with E-state index in [1.807, 2.05) is 0 Å². The third kappa shape index (κ3) is 4.09. The molecule has 0 aliphatic heterocycles. The first-order valence-corrected chi connectivity index (χ1v) is 9.82. The lowest BCUT2D eigenvalue weighted by molar-refractivity contribution is -0.384. The molecule has 0 saturated carbocycles. The summed E-state index contributed by atoms with van der Waals surface area (Å²) in [4.78, 5) is 23.3. The van der Waals surface area contributed by atoms with Crippen molar-refractivity contribution in [3.05, 3.63) is 94.5 Å². The topological polar surface area (TPSA) is 107 Å². The Kier molecular flexibility index (Phi) is 5.60. The van der Waals surface area contributed by atoms with Gasteiger partial charge >= 0.3 is 0 Å². The molecule has 3 rings (SSSR count). The monoisotopic (exact) mass is 412 g/mol. The molecule has 8 nitrogen and oxygen atoms in total. The Morgan fingerprint density at radius 1 is 0.931 bits per heavy atom. The SMILES string of the molecule is COc1ccc(N(C(=O)c2ccc([N+](=O)[O-])cc2)S(=O)(=O)c2ccccc2)cc1. The number of amides is 1. The molecule has 0 aromatic heterocycles. The lowest BCUT2D eigenvalue weighted by atomic mass is 10.2. The number of anilines is 1. The highest BCUT2D eigenvalue weighted by Gasteiger charge is 2.32. The second-order valence-corrected chi connectivity index (χ2v) is 7.68. The van der Waals surface area contributed by atoms with Crippen molar-refractivity contribution >= 4 is 27.3 Å². The van der Waals surface area contributed by atoms with Crippen LogP contribution in [0.2, 0.25) is 0 Å². The van der Waals surface area contributed by atoms with Crippen LogP contribution < -0.4 is 9.04 Å². The van der Waals surface area contributed by atoms with Crippen molar-refractivity contribution in [1.82, 2.24) is 0 Å². The number of carbonyl (C=O) groups excluding carboxylic acids is 1. The Balaban J connectivity index is 2.11. The third-order valence-corrected chi connectivity index (χ3v) is 5.82. The summed E-state index contributed by atoms with van der Waals surface area (Å²) in [6.45, 7) is 0. The highest BCUT2D eigenvalue weighted by molar-refractivity contribution is 7.93. The number of carbonyl (C=O) groups is 1. The number of sulfonamides is 1. The van der Waals surface area contributed by atoms with Crippen molar-refractivity contribution in [2.45, 2.75) is 4.90 Å². The van der Waals surface area contributed by atoms with Gasteiger partial charge in [0.15, 0.2) is 0 Å². The van der Waals surface area contributed by atoms with Gasteiger partial charge in [-0.1, -0.05) is 18.2 Å². The molecule has 0 bridgehead atoms. The molecule has 0 radical (unpaired) electrons. The van der Waals surface area contributed by atoms with Crippen LogP contribution in [0.4, 0.5) is 11.4 Å². The Morgan fingerprint density at radius 3 is 2.03 bits per heavy atom. The Hall–Kier alpha value is -3.72.